The zero-order valence-corrected chi connectivity index (χ0v) is 7.59. The van der Waals surface area contributed by atoms with E-state index in [2.05, 4.69) is 16.0 Å². The van der Waals surface area contributed by atoms with Crippen LogP contribution in [0.15, 0.2) is 41.2 Å². The average Bonchev–Trinajstić information content (AvgIpc) is 2.30. The minimum absolute atomic E-state index is 0.148. The van der Waals surface area contributed by atoms with Crippen LogP contribution >= 0.6 is 0 Å². The molecule has 3 nitrogen and oxygen atoms in total. The molecule has 0 aromatic carbocycles. The molecule has 68 valence electrons. The van der Waals surface area contributed by atoms with E-state index in [0.29, 0.717) is 5.57 Å². The van der Waals surface area contributed by atoms with Crippen LogP contribution in [0.5, 0.6) is 0 Å². The summed E-state index contributed by atoms with van der Waals surface area (Å²) in [6.45, 7) is 0. The summed E-state index contributed by atoms with van der Waals surface area (Å²) in [4.78, 5) is 8.26. The van der Waals surface area contributed by atoms with Crippen molar-refractivity contribution < 1.29 is 0 Å². The van der Waals surface area contributed by atoms with Gasteiger partial charge in [0, 0.05) is 18.6 Å². The van der Waals surface area contributed by atoms with Gasteiger partial charge in [0.1, 0.15) is 6.07 Å². The molecule has 0 N–H and O–H groups in total. The normalized spacial score (nSPS) is 19.9. The number of hydrogen-bond donors (Lipinski definition) is 0. The summed E-state index contributed by atoms with van der Waals surface area (Å²) in [5, 5.41) is 8.63. The van der Waals surface area contributed by atoms with E-state index in [-0.39, 0.29) is 6.04 Å². The molecule has 0 radical (unpaired) electrons. The first-order chi connectivity index (χ1) is 6.90. The fourth-order valence-corrected chi connectivity index (χ4v) is 1.40. The number of aromatic nitrogens is 1. The van der Waals surface area contributed by atoms with Crippen molar-refractivity contribution in [3.8, 4) is 6.07 Å². The van der Waals surface area contributed by atoms with Crippen molar-refractivity contribution in [1.82, 2.24) is 4.98 Å². The Morgan fingerprint density at radius 2 is 2.14 bits per heavy atom. The van der Waals surface area contributed by atoms with E-state index in [1.54, 1.807) is 18.6 Å². The molecule has 1 aliphatic heterocycles. The van der Waals surface area contributed by atoms with Crippen LogP contribution in [-0.4, -0.2) is 11.2 Å². The predicted octanol–water partition coefficient (Wildman–Crippen LogP) is 2.05. The van der Waals surface area contributed by atoms with Gasteiger partial charge in [-0.3, -0.25) is 9.98 Å². The predicted molar refractivity (Wildman–Crippen MR) is 53.8 cm³/mol. The van der Waals surface area contributed by atoms with E-state index >= 15 is 0 Å². The van der Waals surface area contributed by atoms with Gasteiger partial charge in [-0.25, -0.2) is 0 Å². The van der Waals surface area contributed by atoms with E-state index in [1.165, 1.54) is 0 Å². The Hall–Kier alpha value is -1.95. The molecule has 1 atom stereocenters. The maximum atomic E-state index is 8.63. The Morgan fingerprint density at radius 1 is 1.36 bits per heavy atom. The molecular weight excluding hydrogens is 174 g/mol. The van der Waals surface area contributed by atoms with Crippen molar-refractivity contribution in [3.63, 3.8) is 0 Å². The van der Waals surface area contributed by atoms with Crippen LogP contribution in [-0.2, 0) is 0 Å². The summed E-state index contributed by atoms with van der Waals surface area (Å²) < 4.78 is 0. The Morgan fingerprint density at radius 3 is 2.71 bits per heavy atom. The molecular formula is C11H9N3. The summed E-state index contributed by atoms with van der Waals surface area (Å²) in [6, 6.07) is 6.13. The van der Waals surface area contributed by atoms with E-state index in [0.717, 1.165) is 12.0 Å². The number of allylic oxidation sites excluding steroid dienone is 1. The van der Waals surface area contributed by atoms with Gasteiger partial charge in [0.25, 0.3) is 0 Å². The zero-order valence-electron chi connectivity index (χ0n) is 7.59. The average molecular weight is 183 g/mol. The highest BCUT2D eigenvalue weighted by Crippen LogP contribution is 2.24. The molecule has 2 heterocycles. The van der Waals surface area contributed by atoms with Crippen LogP contribution in [0.1, 0.15) is 18.0 Å². The van der Waals surface area contributed by atoms with Crippen LogP contribution in [0.2, 0.25) is 0 Å². The molecule has 3 heteroatoms. The van der Waals surface area contributed by atoms with Crippen LogP contribution < -0.4 is 0 Å². The van der Waals surface area contributed by atoms with Gasteiger partial charge in [0.15, 0.2) is 0 Å². The molecule has 1 aromatic heterocycles. The van der Waals surface area contributed by atoms with Crippen molar-refractivity contribution in [2.75, 3.05) is 0 Å². The third-order valence-corrected chi connectivity index (χ3v) is 2.17. The molecule has 1 unspecified atom stereocenters. The third kappa shape index (κ3) is 1.69. The smallest absolute Gasteiger partial charge is 0.100 e. The molecule has 1 aromatic rings. The molecule has 0 bridgehead atoms. The number of aliphatic imine (C=N–C) groups is 1. The van der Waals surface area contributed by atoms with E-state index in [9.17, 15) is 0 Å². The molecule has 1 aliphatic rings. The Kier molecular flexibility index (Phi) is 2.37. The van der Waals surface area contributed by atoms with E-state index < -0.39 is 0 Å². The maximum Gasteiger partial charge on any atom is 0.100 e. The highest BCUT2D eigenvalue weighted by Gasteiger charge is 2.11. The molecule has 0 spiro atoms. The van der Waals surface area contributed by atoms with Gasteiger partial charge in [0.2, 0.25) is 0 Å². The van der Waals surface area contributed by atoms with Gasteiger partial charge in [-0.1, -0.05) is 6.08 Å². The van der Waals surface area contributed by atoms with Gasteiger partial charge >= 0.3 is 0 Å². The Balaban J connectivity index is 2.16. The first-order valence-corrected chi connectivity index (χ1v) is 4.43. The minimum atomic E-state index is 0.148. The summed E-state index contributed by atoms with van der Waals surface area (Å²) in [7, 11) is 0. The molecule has 0 saturated carbocycles. The number of rotatable bonds is 1. The van der Waals surface area contributed by atoms with Crippen molar-refractivity contribution >= 4 is 6.21 Å². The quantitative estimate of drug-likeness (QED) is 0.669. The fraction of sp³-hybridized carbons (Fsp3) is 0.182. The topological polar surface area (TPSA) is 49.0 Å². The first kappa shape index (κ1) is 8.64. The molecule has 0 aliphatic carbocycles. The largest absolute Gasteiger partial charge is 0.283 e. The first-order valence-electron chi connectivity index (χ1n) is 4.43. The van der Waals surface area contributed by atoms with E-state index in [1.807, 2.05) is 18.2 Å². The van der Waals surface area contributed by atoms with Crippen LogP contribution in [0, 0.1) is 11.3 Å². The third-order valence-electron chi connectivity index (χ3n) is 2.17. The lowest BCUT2D eigenvalue weighted by Gasteiger charge is -2.13. The van der Waals surface area contributed by atoms with Gasteiger partial charge in [-0.15, -0.1) is 0 Å². The Bertz CT molecular complexity index is 412. The van der Waals surface area contributed by atoms with Crippen molar-refractivity contribution in [3.05, 3.63) is 41.7 Å². The number of nitrogens with zero attached hydrogens (tertiary/aromatic N) is 3. The van der Waals surface area contributed by atoms with Crippen molar-refractivity contribution in [2.24, 2.45) is 4.99 Å². The molecule has 0 amide bonds. The number of hydrogen-bond acceptors (Lipinski definition) is 3. The van der Waals surface area contributed by atoms with Crippen molar-refractivity contribution in [1.29, 1.82) is 5.26 Å². The molecule has 0 saturated heterocycles. The minimum Gasteiger partial charge on any atom is -0.283 e. The lowest BCUT2D eigenvalue weighted by atomic mass is 10.0. The van der Waals surface area contributed by atoms with Crippen LogP contribution in [0.25, 0.3) is 0 Å². The lowest BCUT2D eigenvalue weighted by Crippen LogP contribution is -2.00. The fourth-order valence-electron chi connectivity index (χ4n) is 1.40. The summed E-state index contributed by atoms with van der Waals surface area (Å²) >= 11 is 0. The van der Waals surface area contributed by atoms with Crippen molar-refractivity contribution in [2.45, 2.75) is 12.5 Å². The SMILES string of the molecule is N#CC1=CCC(c2ccncc2)N=C1. The lowest BCUT2D eigenvalue weighted by molar-refractivity contribution is 0.736. The molecule has 0 fully saturated rings. The van der Waals surface area contributed by atoms with Crippen LogP contribution in [0.3, 0.4) is 0 Å². The number of dihydropyridines is 1. The summed E-state index contributed by atoms with van der Waals surface area (Å²) in [5.74, 6) is 0. The number of nitriles is 1. The van der Waals surface area contributed by atoms with Crippen LogP contribution in [0.4, 0.5) is 0 Å². The van der Waals surface area contributed by atoms with Gasteiger partial charge in [-0.2, -0.15) is 5.26 Å². The highest BCUT2D eigenvalue weighted by molar-refractivity contribution is 5.84. The second kappa shape index (κ2) is 3.84. The zero-order chi connectivity index (χ0) is 9.80. The molecule has 14 heavy (non-hydrogen) atoms. The van der Waals surface area contributed by atoms with Gasteiger partial charge < -0.3 is 0 Å². The Labute approximate surface area is 82.4 Å². The molecule has 2 rings (SSSR count). The maximum absolute atomic E-state index is 8.63. The standard InChI is InChI=1S/C11H9N3/c12-7-9-1-2-11(14-8-9)10-3-5-13-6-4-10/h1,3-6,8,11H,2H2. The summed E-state index contributed by atoms with van der Waals surface area (Å²) in [5.41, 5.74) is 1.79. The second-order valence-electron chi connectivity index (χ2n) is 3.08. The second-order valence-corrected chi connectivity index (χ2v) is 3.08. The van der Waals surface area contributed by atoms with E-state index in [4.69, 9.17) is 5.26 Å². The van der Waals surface area contributed by atoms with Gasteiger partial charge in [-0.05, 0) is 24.1 Å². The highest BCUT2D eigenvalue weighted by atomic mass is 14.8. The monoisotopic (exact) mass is 183 g/mol. The van der Waals surface area contributed by atoms with Gasteiger partial charge in [0.05, 0.1) is 11.6 Å². The number of pyridine rings is 1. The summed E-state index contributed by atoms with van der Waals surface area (Å²) in [6.07, 6.45) is 7.86.